The van der Waals surface area contributed by atoms with E-state index in [4.69, 9.17) is 5.11 Å². The van der Waals surface area contributed by atoms with Gasteiger partial charge >= 0.3 is 12.0 Å². The molecule has 0 saturated heterocycles. The molecule has 5 nitrogen and oxygen atoms in total. The SMILES string of the molecule is CC(C)CN(C)C(=O)Nc1ccc(C=CC(=O)O)cc1. The molecule has 1 aromatic rings. The highest BCUT2D eigenvalue weighted by molar-refractivity contribution is 5.89. The van der Waals surface area contributed by atoms with Crippen molar-refractivity contribution >= 4 is 23.8 Å². The zero-order valence-electron chi connectivity index (χ0n) is 12.0. The van der Waals surface area contributed by atoms with E-state index < -0.39 is 5.97 Å². The molecule has 1 rings (SSSR count). The maximum absolute atomic E-state index is 11.9. The molecular formula is C15H20N2O3. The van der Waals surface area contributed by atoms with E-state index in [1.165, 1.54) is 6.08 Å². The fraction of sp³-hybridized carbons (Fsp3) is 0.333. The first-order chi connectivity index (χ1) is 9.38. The summed E-state index contributed by atoms with van der Waals surface area (Å²) in [6.45, 7) is 4.78. The predicted octanol–water partition coefficient (Wildman–Crippen LogP) is 2.90. The van der Waals surface area contributed by atoms with Crippen molar-refractivity contribution in [3.63, 3.8) is 0 Å². The number of carbonyl (C=O) groups excluding carboxylic acids is 1. The van der Waals surface area contributed by atoms with Crippen LogP contribution in [0.5, 0.6) is 0 Å². The standard InChI is InChI=1S/C15H20N2O3/c1-11(2)10-17(3)15(20)16-13-7-4-12(5-8-13)6-9-14(18)19/h4-9,11H,10H2,1-3H3,(H,16,20)(H,18,19). The van der Waals surface area contributed by atoms with Gasteiger partial charge in [-0.2, -0.15) is 0 Å². The molecule has 0 bridgehead atoms. The highest BCUT2D eigenvalue weighted by atomic mass is 16.4. The molecular weight excluding hydrogens is 256 g/mol. The summed E-state index contributed by atoms with van der Waals surface area (Å²) in [5.74, 6) is -0.577. The van der Waals surface area contributed by atoms with Crippen LogP contribution in [0.25, 0.3) is 6.08 Å². The van der Waals surface area contributed by atoms with Gasteiger partial charge in [-0.25, -0.2) is 9.59 Å². The molecule has 0 aliphatic rings. The lowest BCUT2D eigenvalue weighted by atomic mass is 10.2. The zero-order valence-corrected chi connectivity index (χ0v) is 12.0. The Labute approximate surface area is 118 Å². The van der Waals surface area contributed by atoms with E-state index in [0.717, 1.165) is 11.6 Å². The number of benzene rings is 1. The van der Waals surface area contributed by atoms with Crippen LogP contribution in [-0.2, 0) is 4.79 Å². The van der Waals surface area contributed by atoms with Gasteiger partial charge in [0, 0.05) is 25.4 Å². The molecule has 0 fully saturated rings. The predicted molar refractivity (Wildman–Crippen MR) is 79.6 cm³/mol. The molecule has 0 aliphatic carbocycles. The monoisotopic (exact) mass is 276 g/mol. The summed E-state index contributed by atoms with van der Waals surface area (Å²) < 4.78 is 0. The van der Waals surface area contributed by atoms with Crippen LogP contribution in [0, 0.1) is 5.92 Å². The van der Waals surface area contributed by atoms with Crippen LogP contribution >= 0.6 is 0 Å². The summed E-state index contributed by atoms with van der Waals surface area (Å²) in [6, 6.07) is 6.81. The van der Waals surface area contributed by atoms with E-state index >= 15 is 0 Å². The van der Waals surface area contributed by atoms with Crippen molar-refractivity contribution in [1.29, 1.82) is 0 Å². The maximum Gasteiger partial charge on any atom is 0.328 e. The van der Waals surface area contributed by atoms with Crippen molar-refractivity contribution in [1.82, 2.24) is 4.90 Å². The Morgan fingerprint density at radius 1 is 1.30 bits per heavy atom. The third kappa shape index (κ3) is 5.56. The second-order valence-electron chi connectivity index (χ2n) is 5.00. The lowest BCUT2D eigenvalue weighted by Crippen LogP contribution is -2.34. The molecule has 20 heavy (non-hydrogen) atoms. The minimum absolute atomic E-state index is 0.160. The van der Waals surface area contributed by atoms with E-state index in [9.17, 15) is 9.59 Å². The van der Waals surface area contributed by atoms with Crippen molar-refractivity contribution in [3.8, 4) is 0 Å². The molecule has 0 saturated carbocycles. The van der Waals surface area contributed by atoms with Crippen molar-refractivity contribution in [2.75, 3.05) is 18.9 Å². The number of rotatable bonds is 5. The molecule has 0 spiro atoms. The number of anilines is 1. The molecule has 5 heteroatoms. The lowest BCUT2D eigenvalue weighted by molar-refractivity contribution is -0.131. The van der Waals surface area contributed by atoms with Crippen LogP contribution in [0.2, 0.25) is 0 Å². The summed E-state index contributed by atoms with van der Waals surface area (Å²) in [6.07, 6.45) is 2.57. The Morgan fingerprint density at radius 3 is 2.40 bits per heavy atom. The highest BCUT2D eigenvalue weighted by Gasteiger charge is 2.09. The van der Waals surface area contributed by atoms with E-state index in [0.29, 0.717) is 18.2 Å². The van der Waals surface area contributed by atoms with Crippen molar-refractivity contribution in [3.05, 3.63) is 35.9 Å². The number of carboxylic acids is 1. The number of carbonyl (C=O) groups is 2. The molecule has 2 amide bonds. The Balaban J connectivity index is 2.61. The zero-order chi connectivity index (χ0) is 15.1. The molecule has 0 atom stereocenters. The third-order valence-electron chi connectivity index (χ3n) is 2.57. The number of urea groups is 1. The van der Waals surface area contributed by atoms with Gasteiger partial charge in [0.1, 0.15) is 0 Å². The quantitative estimate of drug-likeness (QED) is 0.812. The average Bonchev–Trinajstić information content (AvgIpc) is 2.37. The molecule has 2 N–H and O–H groups in total. The van der Waals surface area contributed by atoms with E-state index in [-0.39, 0.29) is 6.03 Å². The van der Waals surface area contributed by atoms with Crippen molar-refractivity contribution in [2.24, 2.45) is 5.92 Å². The second kappa shape index (κ2) is 7.33. The number of hydrogen-bond donors (Lipinski definition) is 2. The number of amides is 2. The number of nitrogens with one attached hydrogen (secondary N) is 1. The van der Waals surface area contributed by atoms with Gasteiger partial charge in [0.05, 0.1) is 0 Å². The van der Waals surface area contributed by atoms with Crippen LogP contribution in [-0.4, -0.2) is 35.6 Å². The normalized spacial score (nSPS) is 10.8. The van der Waals surface area contributed by atoms with E-state index in [2.05, 4.69) is 5.32 Å². The number of carboxylic acid groups (broad SMARTS) is 1. The maximum atomic E-state index is 11.9. The van der Waals surface area contributed by atoms with Crippen LogP contribution in [0.3, 0.4) is 0 Å². The summed E-state index contributed by atoms with van der Waals surface area (Å²) in [4.78, 5) is 23.9. The molecule has 0 aromatic heterocycles. The largest absolute Gasteiger partial charge is 0.478 e. The number of nitrogens with zero attached hydrogens (tertiary/aromatic N) is 1. The van der Waals surface area contributed by atoms with Gasteiger partial charge in [0.15, 0.2) is 0 Å². The van der Waals surface area contributed by atoms with Gasteiger partial charge in [-0.05, 0) is 29.7 Å². The average molecular weight is 276 g/mol. The number of aliphatic carboxylic acids is 1. The van der Waals surface area contributed by atoms with Gasteiger partial charge < -0.3 is 15.3 Å². The summed E-state index contributed by atoms with van der Waals surface area (Å²) in [5.41, 5.74) is 1.44. The van der Waals surface area contributed by atoms with Crippen LogP contribution in [0.4, 0.5) is 10.5 Å². The van der Waals surface area contributed by atoms with Crippen LogP contribution < -0.4 is 5.32 Å². The van der Waals surface area contributed by atoms with Crippen LogP contribution in [0.1, 0.15) is 19.4 Å². The molecule has 0 unspecified atom stereocenters. The summed E-state index contributed by atoms with van der Waals surface area (Å²) >= 11 is 0. The molecule has 0 heterocycles. The van der Waals surface area contributed by atoms with Crippen molar-refractivity contribution in [2.45, 2.75) is 13.8 Å². The second-order valence-corrected chi connectivity index (χ2v) is 5.00. The highest BCUT2D eigenvalue weighted by Crippen LogP contribution is 2.11. The minimum atomic E-state index is -0.988. The first kappa shape index (κ1) is 15.8. The third-order valence-corrected chi connectivity index (χ3v) is 2.57. The summed E-state index contributed by atoms with van der Waals surface area (Å²) in [5, 5.41) is 11.3. The minimum Gasteiger partial charge on any atom is -0.478 e. The van der Waals surface area contributed by atoms with Gasteiger partial charge in [-0.15, -0.1) is 0 Å². The molecule has 0 aliphatic heterocycles. The summed E-state index contributed by atoms with van der Waals surface area (Å²) in [7, 11) is 1.75. The fourth-order valence-corrected chi connectivity index (χ4v) is 1.69. The van der Waals surface area contributed by atoms with E-state index in [1.807, 2.05) is 13.8 Å². The fourth-order valence-electron chi connectivity index (χ4n) is 1.69. The topological polar surface area (TPSA) is 69.6 Å². The van der Waals surface area contributed by atoms with Gasteiger partial charge in [0.25, 0.3) is 0 Å². The van der Waals surface area contributed by atoms with Gasteiger partial charge in [0.2, 0.25) is 0 Å². The van der Waals surface area contributed by atoms with Gasteiger partial charge in [-0.3, -0.25) is 0 Å². The lowest BCUT2D eigenvalue weighted by Gasteiger charge is -2.19. The van der Waals surface area contributed by atoms with Crippen LogP contribution in [0.15, 0.2) is 30.3 Å². The molecule has 1 aromatic carbocycles. The van der Waals surface area contributed by atoms with E-state index in [1.54, 1.807) is 36.2 Å². The first-order valence-corrected chi connectivity index (χ1v) is 6.41. The van der Waals surface area contributed by atoms with Crippen molar-refractivity contribution < 1.29 is 14.7 Å². The van der Waals surface area contributed by atoms with Gasteiger partial charge in [-0.1, -0.05) is 26.0 Å². The Hall–Kier alpha value is -2.30. The number of hydrogen-bond acceptors (Lipinski definition) is 2. The Kier molecular flexibility index (Phi) is 5.77. The first-order valence-electron chi connectivity index (χ1n) is 6.41. The smallest absolute Gasteiger partial charge is 0.328 e. The molecule has 0 radical (unpaired) electrons. The Morgan fingerprint density at radius 2 is 1.90 bits per heavy atom. The Bertz CT molecular complexity index is 492. The molecule has 108 valence electrons.